The van der Waals surface area contributed by atoms with Gasteiger partial charge in [0.05, 0.1) is 24.2 Å². The summed E-state index contributed by atoms with van der Waals surface area (Å²) in [5, 5.41) is 4.72. The molecule has 0 saturated heterocycles. The number of nitrogens with one attached hydrogen (secondary N) is 1. The monoisotopic (exact) mass is 291 g/mol. The van der Waals surface area contributed by atoms with Crippen LogP contribution in [0.15, 0.2) is 29.4 Å². The normalized spacial score (nSPS) is 14.2. The van der Waals surface area contributed by atoms with Gasteiger partial charge < -0.3 is 10.1 Å². The summed E-state index contributed by atoms with van der Waals surface area (Å²) >= 11 is 6.28. The molecule has 2 aromatic rings. The minimum atomic E-state index is -0.426. The van der Waals surface area contributed by atoms with E-state index in [1.807, 2.05) is 18.2 Å². The summed E-state index contributed by atoms with van der Waals surface area (Å²) < 4.78 is 6.28. The van der Waals surface area contributed by atoms with Crippen LogP contribution in [0.5, 0.6) is 0 Å². The van der Waals surface area contributed by atoms with Crippen molar-refractivity contribution in [2.24, 2.45) is 4.99 Å². The summed E-state index contributed by atoms with van der Waals surface area (Å²) in [5.74, 6) is 0.925. The van der Waals surface area contributed by atoms with E-state index in [4.69, 9.17) is 16.3 Å². The molecule has 6 heteroatoms. The SMILES string of the molecule is COC(=O)n1cc(CC2=NCCN2)c2c(Cl)cccc21. The molecular formula is C14H14ClN3O2. The van der Waals surface area contributed by atoms with E-state index >= 15 is 0 Å². The summed E-state index contributed by atoms with van der Waals surface area (Å²) in [6, 6.07) is 5.49. The van der Waals surface area contributed by atoms with E-state index in [0.717, 1.165) is 35.4 Å². The standard InChI is InChI=1S/C14H14ClN3O2/c1-20-14(19)18-8-9(7-12-16-5-6-17-12)13-10(15)3-2-4-11(13)18/h2-4,8H,5-7H2,1H3,(H,16,17). The number of aliphatic imine (C=N–C) groups is 1. The van der Waals surface area contributed by atoms with Crippen LogP contribution in [-0.2, 0) is 11.2 Å². The predicted molar refractivity (Wildman–Crippen MR) is 78.8 cm³/mol. The maximum absolute atomic E-state index is 11.8. The van der Waals surface area contributed by atoms with Crippen molar-refractivity contribution in [1.29, 1.82) is 0 Å². The van der Waals surface area contributed by atoms with Crippen molar-refractivity contribution >= 4 is 34.4 Å². The van der Waals surface area contributed by atoms with Crippen LogP contribution in [0.4, 0.5) is 4.79 Å². The lowest BCUT2D eigenvalue weighted by atomic mass is 10.1. The highest BCUT2D eigenvalue weighted by Crippen LogP contribution is 2.29. The van der Waals surface area contributed by atoms with E-state index in [-0.39, 0.29) is 0 Å². The molecule has 0 saturated carbocycles. The van der Waals surface area contributed by atoms with Crippen LogP contribution in [0.25, 0.3) is 10.9 Å². The molecule has 3 rings (SSSR count). The van der Waals surface area contributed by atoms with Crippen molar-refractivity contribution in [3.05, 3.63) is 35.0 Å². The van der Waals surface area contributed by atoms with E-state index in [1.54, 1.807) is 6.20 Å². The molecule has 1 N–H and O–H groups in total. The fraction of sp³-hybridized carbons (Fsp3) is 0.286. The zero-order chi connectivity index (χ0) is 14.1. The molecule has 1 aliphatic heterocycles. The molecule has 0 radical (unpaired) electrons. The van der Waals surface area contributed by atoms with Crippen LogP contribution < -0.4 is 5.32 Å². The summed E-state index contributed by atoms with van der Waals surface area (Å²) in [7, 11) is 1.36. The van der Waals surface area contributed by atoms with Gasteiger partial charge in [0.25, 0.3) is 0 Å². The Kier molecular flexibility index (Phi) is 3.36. The highest BCUT2D eigenvalue weighted by atomic mass is 35.5. The number of halogens is 1. The lowest BCUT2D eigenvalue weighted by molar-refractivity contribution is 0.174. The summed E-state index contributed by atoms with van der Waals surface area (Å²) in [5.41, 5.74) is 1.71. The Hall–Kier alpha value is -2.01. The summed E-state index contributed by atoms with van der Waals surface area (Å²) in [6.07, 6.45) is 1.97. The van der Waals surface area contributed by atoms with Gasteiger partial charge in [0.2, 0.25) is 0 Å². The largest absolute Gasteiger partial charge is 0.452 e. The lowest BCUT2D eigenvalue weighted by Gasteiger charge is -2.02. The number of rotatable bonds is 2. The van der Waals surface area contributed by atoms with Crippen molar-refractivity contribution in [2.45, 2.75) is 6.42 Å². The first-order valence-corrected chi connectivity index (χ1v) is 6.72. The second-order valence-corrected chi connectivity index (χ2v) is 4.97. The Balaban J connectivity index is 2.13. The predicted octanol–water partition coefficient (Wildman–Crippen LogP) is 2.45. The zero-order valence-electron chi connectivity index (χ0n) is 11.0. The van der Waals surface area contributed by atoms with Gasteiger partial charge in [-0.15, -0.1) is 0 Å². The molecule has 2 heterocycles. The number of carbonyl (C=O) groups excluding carboxylic acids is 1. The molecule has 0 aliphatic carbocycles. The van der Waals surface area contributed by atoms with Crippen LogP contribution in [0.2, 0.25) is 5.02 Å². The molecule has 0 unspecified atom stereocenters. The number of aromatic nitrogens is 1. The van der Waals surface area contributed by atoms with Gasteiger partial charge in [-0.3, -0.25) is 9.56 Å². The second-order valence-electron chi connectivity index (χ2n) is 4.56. The van der Waals surface area contributed by atoms with E-state index in [1.165, 1.54) is 11.7 Å². The number of hydrogen-bond donors (Lipinski definition) is 1. The number of methoxy groups -OCH3 is 1. The highest BCUT2D eigenvalue weighted by Gasteiger charge is 2.18. The maximum Gasteiger partial charge on any atom is 0.418 e. The Morgan fingerprint density at radius 3 is 3.10 bits per heavy atom. The molecule has 0 spiro atoms. The van der Waals surface area contributed by atoms with Crippen molar-refractivity contribution in [2.75, 3.05) is 20.2 Å². The molecule has 104 valence electrons. The zero-order valence-corrected chi connectivity index (χ0v) is 11.8. The first kappa shape index (κ1) is 13.0. The fourth-order valence-electron chi connectivity index (χ4n) is 2.45. The van der Waals surface area contributed by atoms with Crippen molar-refractivity contribution in [1.82, 2.24) is 9.88 Å². The first-order valence-electron chi connectivity index (χ1n) is 6.34. The van der Waals surface area contributed by atoms with Crippen molar-refractivity contribution in [3.8, 4) is 0 Å². The third-order valence-electron chi connectivity index (χ3n) is 3.33. The lowest BCUT2D eigenvalue weighted by Crippen LogP contribution is -2.20. The molecule has 0 bridgehead atoms. The molecule has 1 aromatic carbocycles. The summed E-state index contributed by atoms with van der Waals surface area (Å²) in [6.45, 7) is 1.65. The average molecular weight is 292 g/mol. The minimum Gasteiger partial charge on any atom is -0.452 e. The van der Waals surface area contributed by atoms with Crippen LogP contribution >= 0.6 is 11.6 Å². The molecule has 20 heavy (non-hydrogen) atoms. The van der Waals surface area contributed by atoms with Crippen LogP contribution in [0.3, 0.4) is 0 Å². The van der Waals surface area contributed by atoms with E-state index in [9.17, 15) is 4.79 Å². The van der Waals surface area contributed by atoms with Crippen molar-refractivity contribution < 1.29 is 9.53 Å². The van der Waals surface area contributed by atoms with Gasteiger partial charge in [0.1, 0.15) is 5.84 Å². The number of hydrogen-bond acceptors (Lipinski definition) is 4. The Bertz CT molecular complexity index is 706. The quantitative estimate of drug-likeness (QED) is 0.925. The summed E-state index contributed by atoms with van der Waals surface area (Å²) in [4.78, 5) is 16.2. The number of fused-ring (bicyclic) bond motifs is 1. The molecule has 1 aliphatic rings. The molecule has 5 nitrogen and oxygen atoms in total. The number of ether oxygens (including phenoxy) is 1. The third-order valence-corrected chi connectivity index (χ3v) is 3.64. The Morgan fingerprint density at radius 2 is 2.40 bits per heavy atom. The van der Waals surface area contributed by atoms with Gasteiger partial charge in [-0.1, -0.05) is 17.7 Å². The highest BCUT2D eigenvalue weighted by molar-refractivity contribution is 6.36. The van der Waals surface area contributed by atoms with Gasteiger partial charge in [0.15, 0.2) is 0 Å². The molecule has 0 atom stereocenters. The molecular weight excluding hydrogens is 278 g/mol. The maximum atomic E-state index is 11.8. The molecule has 1 aromatic heterocycles. The van der Waals surface area contributed by atoms with Crippen LogP contribution in [0.1, 0.15) is 5.56 Å². The fourth-order valence-corrected chi connectivity index (χ4v) is 2.74. The van der Waals surface area contributed by atoms with Crippen LogP contribution in [-0.4, -0.2) is 36.7 Å². The Morgan fingerprint density at radius 1 is 1.55 bits per heavy atom. The molecule has 0 amide bonds. The van der Waals surface area contributed by atoms with Gasteiger partial charge in [-0.25, -0.2) is 4.79 Å². The second kappa shape index (κ2) is 5.17. The van der Waals surface area contributed by atoms with Gasteiger partial charge in [0, 0.05) is 24.5 Å². The van der Waals surface area contributed by atoms with E-state index in [0.29, 0.717) is 11.4 Å². The topological polar surface area (TPSA) is 55.6 Å². The number of nitrogens with zero attached hydrogens (tertiary/aromatic N) is 2. The average Bonchev–Trinajstić information content (AvgIpc) is 3.07. The van der Waals surface area contributed by atoms with Crippen LogP contribution in [0, 0.1) is 0 Å². The molecule has 0 fully saturated rings. The van der Waals surface area contributed by atoms with Gasteiger partial charge in [-0.2, -0.15) is 0 Å². The van der Waals surface area contributed by atoms with Gasteiger partial charge in [-0.05, 0) is 17.7 Å². The van der Waals surface area contributed by atoms with Gasteiger partial charge >= 0.3 is 6.09 Å². The smallest absolute Gasteiger partial charge is 0.418 e. The third kappa shape index (κ3) is 2.14. The number of carbonyl (C=O) groups is 1. The number of benzene rings is 1. The van der Waals surface area contributed by atoms with E-state index in [2.05, 4.69) is 10.3 Å². The minimum absolute atomic E-state index is 0.426. The number of amidine groups is 1. The van der Waals surface area contributed by atoms with Crippen molar-refractivity contribution in [3.63, 3.8) is 0 Å². The van der Waals surface area contributed by atoms with E-state index < -0.39 is 6.09 Å². The first-order chi connectivity index (χ1) is 9.70. The Labute approximate surface area is 121 Å².